The molecule has 1 aromatic heterocycles. The van der Waals surface area contributed by atoms with E-state index >= 15 is 0 Å². The third-order valence-electron chi connectivity index (χ3n) is 6.02. The first kappa shape index (κ1) is 18.7. The van der Waals surface area contributed by atoms with Gasteiger partial charge in [0.15, 0.2) is 0 Å². The summed E-state index contributed by atoms with van der Waals surface area (Å²) in [4.78, 5) is 21.3. The summed E-state index contributed by atoms with van der Waals surface area (Å²) in [6.45, 7) is 4.94. The summed E-state index contributed by atoms with van der Waals surface area (Å²) in [7, 11) is 1.67. The van der Waals surface area contributed by atoms with Crippen LogP contribution < -0.4 is 15.0 Å². The van der Waals surface area contributed by atoms with Crippen LogP contribution in [0, 0.1) is 0 Å². The molecular weight excluding hydrogens is 352 g/mol. The predicted molar refractivity (Wildman–Crippen MR) is 110 cm³/mol. The summed E-state index contributed by atoms with van der Waals surface area (Å²) in [5.74, 6) is 0.844. The van der Waals surface area contributed by atoms with Crippen LogP contribution in [-0.4, -0.2) is 48.7 Å². The normalized spacial score (nSPS) is 18.6. The molecule has 0 aliphatic carbocycles. The minimum absolute atomic E-state index is 0.0181. The standard InChI is InChI=1S/C22H28N4O2/c1-16(17-5-10-23-11-6-17)25-12-8-19(9-13-25)24-22(27)26-14-7-18-15-20(28-2)3-4-21(18)26/h3-6,10-11,15-16,19H,7-9,12-14H2,1-2H3,(H,24,27). The molecule has 0 radical (unpaired) electrons. The number of rotatable bonds is 4. The lowest BCUT2D eigenvalue weighted by Crippen LogP contribution is -2.49. The van der Waals surface area contributed by atoms with Crippen molar-refractivity contribution in [2.45, 2.75) is 38.3 Å². The van der Waals surface area contributed by atoms with Crippen LogP contribution in [0.25, 0.3) is 0 Å². The maximum Gasteiger partial charge on any atom is 0.322 e. The van der Waals surface area contributed by atoms with Crippen molar-refractivity contribution in [2.75, 3.05) is 31.6 Å². The largest absolute Gasteiger partial charge is 0.497 e. The number of hydrogen-bond donors (Lipinski definition) is 1. The molecule has 148 valence electrons. The number of aromatic nitrogens is 1. The Morgan fingerprint density at radius 3 is 2.64 bits per heavy atom. The molecule has 2 aromatic rings. The highest BCUT2D eigenvalue weighted by Gasteiger charge is 2.29. The molecule has 3 heterocycles. The number of methoxy groups -OCH3 is 1. The lowest BCUT2D eigenvalue weighted by atomic mass is 10.0. The summed E-state index contributed by atoms with van der Waals surface area (Å²) < 4.78 is 5.29. The van der Waals surface area contributed by atoms with Crippen LogP contribution in [0.1, 0.15) is 36.9 Å². The summed E-state index contributed by atoms with van der Waals surface area (Å²) in [5, 5.41) is 3.25. The number of nitrogens with zero attached hydrogens (tertiary/aromatic N) is 3. The van der Waals surface area contributed by atoms with E-state index in [1.54, 1.807) is 7.11 Å². The van der Waals surface area contributed by atoms with Gasteiger partial charge in [-0.25, -0.2) is 4.79 Å². The molecular formula is C22H28N4O2. The highest BCUT2D eigenvalue weighted by Crippen LogP contribution is 2.31. The fourth-order valence-electron chi connectivity index (χ4n) is 4.25. The lowest BCUT2D eigenvalue weighted by molar-refractivity contribution is 0.153. The van der Waals surface area contributed by atoms with Crippen LogP contribution in [0.2, 0.25) is 0 Å². The molecule has 4 rings (SSSR count). The van der Waals surface area contributed by atoms with E-state index in [9.17, 15) is 4.79 Å². The quantitative estimate of drug-likeness (QED) is 0.883. The smallest absolute Gasteiger partial charge is 0.322 e. The fourth-order valence-corrected chi connectivity index (χ4v) is 4.25. The van der Waals surface area contributed by atoms with Gasteiger partial charge in [0.25, 0.3) is 0 Å². The number of ether oxygens (including phenoxy) is 1. The third-order valence-corrected chi connectivity index (χ3v) is 6.02. The first-order valence-electron chi connectivity index (χ1n) is 10.0. The number of carbonyl (C=O) groups excluding carboxylic acids is 1. The number of amides is 2. The van der Waals surface area contributed by atoms with Gasteiger partial charge in [0.1, 0.15) is 5.75 Å². The van der Waals surface area contributed by atoms with Gasteiger partial charge in [0.2, 0.25) is 0 Å². The van der Waals surface area contributed by atoms with E-state index in [0.29, 0.717) is 6.04 Å². The number of pyridine rings is 1. The summed E-state index contributed by atoms with van der Waals surface area (Å²) >= 11 is 0. The molecule has 1 aromatic carbocycles. The molecule has 0 spiro atoms. The number of urea groups is 1. The van der Waals surface area contributed by atoms with Crippen molar-refractivity contribution in [3.8, 4) is 5.75 Å². The second-order valence-corrected chi connectivity index (χ2v) is 7.61. The van der Waals surface area contributed by atoms with E-state index in [4.69, 9.17) is 4.74 Å². The molecule has 0 saturated carbocycles. The second kappa shape index (κ2) is 8.19. The monoisotopic (exact) mass is 380 g/mol. The third kappa shape index (κ3) is 3.83. The predicted octanol–water partition coefficient (Wildman–Crippen LogP) is 3.39. The van der Waals surface area contributed by atoms with Crippen LogP contribution in [0.5, 0.6) is 5.75 Å². The highest BCUT2D eigenvalue weighted by molar-refractivity contribution is 5.94. The molecule has 6 heteroatoms. The number of fused-ring (bicyclic) bond motifs is 1. The molecule has 2 amide bonds. The van der Waals surface area contributed by atoms with E-state index in [0.717, 1.165) is 50.3 Å². The van der Waals surface area contributed by atoms with Crippen LogP contribution in [-0.2, 0) is 6.42 Å². The number of anilines is 1. The Morgan fingerprint density at radius 2 is 1.93 bits per heavy atom. The van der Waals surface area contributed by atoms with Gasteiger partial charge in [0.05, 0.1) is 7.11 Å². The molecule has 0 bridgehead atoms. The molecule has 1 saturated heterocycles. The fraction of sp³-hybridized carbons (Fsp3) is 0.455. The highest BCUT2D eigenvalue weighted by atomic mass is 16.5. The minimum Gasteiger partial charge on any atom is -0.497 e. The van der Waals surface area contributed by atoms with E-state index < -0.39 is 0 Å². The van der Waals surface area contributed by atoms with Gasteiger partial charge < -0.3 is 10.1 Å². The zero-order chi connectivity index (χ0) is 19.5. The van der Waals surface area contributed by atoms with Gasteiger partial charge in [-0.2, -0.15) is 0 Å². The Morgan fingerprint density at radius 1 is 1.18 bits per heavy atom. The zero-order valence-corrected chi connectivity index (χ0v) is 16.6. The Kier molecular flexibility index (Phi) is 5.48. The average Bonchev–Trinajstić information content (AvgIpc) is 3.17. The zero-order valence-electron chi connectivity index (χ0n) is 16.6. The van der Waals surface area contributed by atoms with Gasteiger partial charge in [-0.05, 0) is 67.6 Å². The summed E-state index contributed by atoms with van der Waals surface area (Å²) in [6, 6.07) is 10.7. The lowest BCUT2D eigenvalue weighted by Gasteiger charge is -2.37. The van der Waals surface area contributed by atoms with Crippen molar-refractivity contribution >= 4 is 11.7 Å². The Hall–Kier alpha value is -2.60. The number of nitrogens with one attached hydrogen (secondary N) is 1. The molecule has 6 nitrogen and oxygen atoms in total. The summed E-state index contributed by atoms with van der Waals surface area (Å²) in [5.41, 5.74) is 3.47. The second-order valence-electron chi connectivity index (χ2n) is 7.61. The Bertz CT molecular complexity index is 819. The average molecular weight is 380 g/mol. The van der Waals surface area contributed by atoms with Crippen LogP contribution in [0.3, 0.4) is 0 Å². The Labute approximate surface area is 166 Å². The molecule has 28 heavy (non-hydrogen) atoms. The molecule has 2 aliphatic heterocycles. The van der Waals surface area contributed by atoms with Crippen molar-refractivity contribution in [3.05, 3.63) is 53.9 Å². The van der Waals surface area contributed by atoms with E-state index in [1.807, 2.05) is 35.5 Å². The maximum atomic E-state index is 12.8. The van der Waals surface area contributed by atoms with Crippen LogP contribution in [0.15, 0.2) is 42.7 Å². The SMILES string of the molecule is COc1ccc2c(c1)CCN2C(=O)NC1CCN(C(C)c2ccncc2)CC1. The topological polar surface area (TPSA) is 57.7 Å². The van der Waals surface area contributed by atoms with Crippen molar-refractivity contribution < 1.29 is 9.53 Å². The van der Waals surface area contributed by atoms with Gasteiger partial charge in [-0.3, -0.25) is 14.8 Å². The van der Waals surface area contributed by atoms with E-state index in [2.05, 4.69) is 34.3 Å². The first-order chi connectivity index (χ1) is 13.7. The molecule has 2 aliphatic rings. The molecule has 1 atom stereocenters. The van der Waals surface area contributed by atoms with Crippen molar-refractivity contribution in [1.29, 1.82) is 0 Å². The molecule has 1 fully saturated rings. The van der Waals surface area contributed by atoms with Crippen LogP contribution in [0.4, 0.5) is 10.5 Å². The minimum atomic E-state index is 0.0181. The first-order valence-corrected chi connectivity index (χ1v) is 10.0. The van der Waals surface area contributed by atoms with Gasteiger partial charge in [0, 0.05) is 49.8 Å². The number of hydrogen-bond acceptors (Lipinski definition) is 4. The number of likely N-dealkylation sites (tertiary alicyclic amines) is 1. The number of carbonyl (C=O) groups is 1. The van der Waals surface area contributed by atoms with E-state index in [-0.39, 0.29) is 12.1 Å². The van der Waals surface area contributed by atoms with Crippen molar-refractivity contribution in [1.82, 2.24) is 15.2 Å². The maximum absolute atomic E-state index is 12.8. The number of benzene rings is 1. The van der Waals surface area contributed by atoms with Gasteiger partial charge in [-0.15, -0.1) is 0 Å². The molecule has 1 N–H and O–H groups in total. The summed E-state index contributed by atoms with van der Waals surface area (Å²) in [6.07, 6.45) is 6.53. The van der Waals surface area contributed by atoms with Gasteiger partial charge in [-0.1, -0.05) is 0 Å². The van der Waals surface area contributed by atoms with Gasteiger partial charge >= 0.3 is 6.03 Å². The molecule has 1 unspecified atom stereocenters. The van der Waals surface area contributed by atoms with Crippen LogP contribution >= 0.6 is 0 Å². The Balaban J connectivity index is 1.32. The van der Waals surface area contributed by atoms with Crippen molar-refractivity contribution in [3.63, 3.8) is 0 Å². The number of piperidine rings is 1. The van der Waals surface area contributed by atoms with Crippen molar-refractivity contribution in [2.24, 2.45) is 0 Å². The van der Waals surface area contributed by atoms with E-state index in [1.165, 1.54) is 11.1 Å².